The number of rotatable bonds is 2. The quantitative estimate of drug-likeness (QED) is 0.574. The van der Waals surface area contributed by atoms with Crippen molar-refractivity contribution in [1.82, 2.24) is 0 Å². The molecule has 0 radical (unpaired) electrons. The highest BCUT2D eigenvalue weighted by Crippen LogP contribution is 2.30. The molecule has 82 valence electrons. The first-order valence-electron chi connectivity index (χ1n) is 4.63. The van der Waals surface area contributed by atoms with Gasteiger partial charge in [-0.25, -0.2) is 0 Å². The third kappa shape index (κ3) is 12.1. The zero-order valence-electron chi connectivity index (χ0n) is 7.96. The van der Waals surface area contributed by atoms with E-state index in [2.05, 4.69) is 4.31 Å². The van der Waals surface area contributed by atoms with Crippen LogP contribution in [0.3, 0.4) is 0 Å². The van der Waals surface area contributed by atoms with Crippen molar-refractivity contribution >= 4 is 16.5 Å². The van der Waals surface area contributed by atoms with Gasteiger partial charge in [0, 0.05) is 9.13 Å². The molecule has 7 heteroatoms. The monoisotopic (exact) mass is 242 g/mol. The normalized spacial score (nSPS) is 18.7. The first kappa shape index (κ1) is 14.1. The van der Waals surface area contributed by atoms with Crippen molar-refractivity contribution in [2.45, 2.75) is 44.9 Å². The van der Waals surface area contributed by atoms with Crippen LogP contribution in [0.25, 0.3) is 0 Å². The van der Waals surface area contributed by atoms with Crippen LogP contribution in [-0.4, -0.2) is 9.79 Å². The second-order valence-corrected chi connectivity index (χ2v) is 4.64. The van der Waals surface area contributed by atoms with E-state index in [1.54, 1.807) is 0 Å². The van der Waals surface area contributed by atoms with E-state index < -0.39 is 16.5 Å². The highest BCUT2D eigenvalue weighted by atomic mass is 31.2. The number of hydrogen-bond donors (Lipinski definition) is 2. The second-order valence-electron chi connectivity index (χ2n) is 3.03. The number of hydrogen-bond acceptors (Lipinski definition) is 3. The Morgan fingerprint density at radius 3 is 1.00 bits per heavy atom. The third-order valence-electron chi connectivity index (χ3n) is 1.89. The van der Waals surface area contributed by atoms with Crippen molar-refractivity contribution in [3.8, 4) is 0 Å². The van der Waals surface area contributed by atoms with Crippen LogP contribution < -0.4 is 0 Å². The summed E-state index contributed by atoms with van der Waals surface area (Å²) >= 11 is 0. The Bertz CT molecular complexity index is 153. The summed E-state index contributed by atoms with van der Waals surface area (Å²) in [5.41, 5.74) is 0. The van der Waals surface area contributed by atoms with E-state index >= 15 is 0 Å². The minimum Gasteiger partial charge on any atom is -0.131 e. The molecule has 0 amide bonds. The van der Waals surface area contributed by atoms with Crippen LogP contribution in [0.1, 0.15) is 44.9 Å². The topological polar surface area (TPSA) is 83.8 Å². The van der Waals surface area contributed by atoms with Gasteiger partial charge in [-0.2, -0.15) is 0 Å². The zero-order valence-corrected chi connectivity index (χ0v) is 9.75. The van der Waals surface area contributed by atoms with Crippen LogP contribution >= 0.6 is 16.5 Å². The van der Waals surface area contributed by atoms with E-state index in [0.29, 0.717) is 0 Å². The second kappa shape index (κ2) is 9.63. The Labute approximate surface area is 85.4 Å². The average Bonchev–Trinajstić information content (AvgIpc) is 2.32. The van der Waals surface area contributed by atoms with Crippen molar-refractivity contribution < 1.29 is 23.2 Å². The van der Waals surface area contributed by atoms with E-state index in [-0.39, 0.29) is 0 Å². The molecule has 0 heterocycles. The molecule has 1 aliphatic rings. The molecule has 2 atom stereocenters. The molecule has 0 aliphatic heterocycles. The molecule has 2 N–H and O–H groups in total. The van der Waals surface area contributed by atoms with Gasteiger partial charge >= 0.3 is 16.5 Å². The van der Waals surface area contributed by atoms with Crippen molar-refractivity contribution in [2.24, 2.45) is 0 Å². The van der Waals surface area contributed by atoms with Gasteiger partial charge in [0.25, 0.3) is 0 Å². The first-order valence-corrected chi connectivity index (χ1v) is 6.89. The molecule has 1 saturated carbocycles. The molecule has 0 spiro atoms. The third-order valence-corrected chi connectivity index (χ3v) is 3.01. The van der Waals surface area contributed by atoms with Crippen LogP contribution in [-0.2, 0) is 13.4 Å². The fourth-order valence-electron chi connectivity index (χ4n) is 1.30. The predicted molar refractivity (Wildman–Crippen MR) is 53.1 cm³/mol. The Morgan fingerprint density at radius 1 is 0.714 bits per heavy atom. The summed E-state index contributed by atoms with van der Waals surface area (Å²) in [5, 5.41) is 0. The van der Waals surface area contributed by atoms with E-state index in [1.165, 1.54) is 44.9 Å². The summed E-state index contributed by atoms with van der Waals surface area (Å²) < 4.78 is 22.2. The molecular weight excluding hydrogens is 226 g/mol. The minimum atomic E-state index is -2.92. The smallest absolute Gasteiger partial charge is 0.131 e. The molecule has 0 aromatic carbocycles. The fourth-order valence-corrected chi connectivity index (χ4v) is 1.78. The van der Waals surface area contributed by atoms with Crippen LogP contribution in [0.4, 0.5) is 0 Å². The lowest BCUT2D eigenvalue weighted by atomic mass is 10.2. The maximum atomic E-state index is 9.39. The lowest BCUT2D eigenvalue weighted by Gasteiger charge is -1.85. The molecule has 1 aliphatic carbocycles. The van der Waals surface area contributed by atoms with Crippen molar-refractivity contribution in [2.75, 3.05) is 0 Å². The molecular formula is C7H16O5P2+2. The average molecular weight is 242 g/mol. The van der Waals surface area contributed by atoms with Gasteiger partial charge in [0.15, 0.2) is 4.31 Å². The first-order chi connectivity index (χ1) is 6.63. The summed E-state index contributed by atoms with van der Waals surface area (Å²) in [5.74, 6) is 0. The van der Waals surface area contributed by atoms with Crippen LogP contribution in [0.15, 0.2) is 0 Å². The lowest BCUT2D eigenvalue weighted by Crippen LogP contribution is -1.66. The van der Waals surface area contributed by atoms with Crippen LogP contribution in [0, 0.1) is 0 Å². The summed E-state index contributed by atoms with van der Waals surface area (Å²) in [6.07, 6.45) is 10.5. The summed E-state index contributed by atoms with van der Waals surface area (Å²) in [6.45, 7) is 0. The molecule has 1 rings (SSSR count). The van der Waals surface area contributed by atoms with Gasteiger partial charge in [-0.3, -0.25) is 0 Å². The van der Waals surface area contributed by atoms with Crippen LogP contribution in [0.2, 0.25) is 0 Å². The highest BCUT2D eigenvalue weighted by molar-refractivity contribution is 7.46. The summed E-state index contributed by atoms with van der Waals surface area (Å²) in [6, 6.07) is 0. The van der Waals surface area contributed by atoms with Crippen LogP contribution in [0.5, 0.6) is 0 Å². The Hall–Kier alpha value is 0.0800. The Kier molecular flexibility index (Phi) is 9.68. The Balaban J connectivity index is 0.000000241. The summed E-state index contributed by atoms with van der Waals surface area (Å²) in [4.78, 5) is 15.3. The fraction of sp³-hybridized carbons (Fsp3) is 1.00. The molecule has 1 fully saturated rings. The molecule has 5 nitrogen and oxygen atoms in total. The van der Waals surface area contributed by atoms with E-state index in [1.807, 2.05) is 0 Å². The van der Waals surface area contributed by atoms with Gasteiger partial charge in [0.05, 0.1) is 0 Å². The minimum absolute atomic E-state index is 1.50. The van der Waals surface area contributed by atoms with E-state index in [0.717, 1.165) is 0 Å². The van der Waals surface area contributed by atoms with Gasteiger partial charge in [-0.1, -0.05) is 44.9 Å². The predicted octanol–water partition coefficient (Wildman–Crippen LogP) is 3.03. The highest BCUT2D eigenvalue weighted by Gasteiger charge is 2.31. The van der Waals surface area contributed by atoms with E-state index in [4.69, 9.17) is 9.79 Å². The maximum absolute atomic E-state index is 9.39. The molecule has 0 bridgehead atoms. The molecule has 14 heavy (non-hydrogen) atoms. The molecule has 0 aromatic rings. The van der Waals surface area contributed by atoms with Gasteiger partial charge in [0.1, 0.15) is 0 Å². The van der Waals surface area contributed by atoms with Gasteiger partial charge in [-0.05, 0) is 0 Å². The van der Waals surface area contributed by atoms with Gasteiger partial charge in [-0.15, -0.1) is 9.79 Å². The SMILES string of the molecule is C1CCCCCC1.O=[P+](O)O[P+](=O)O. The van der Waals surface area contributed by atoms with Crippen molar-refractivity contribution in [1.29, 1.82) is 0 Å². The van der Waals surface area contributed by atoms with Crippen molar-refractivity contribution in [3.63, 3.8) is 0 Å². The standard InChI is InChI=1S/C7H14.O5P2/c1-2-4-6-7-5-3-1;1-6(2)5-7(3)4/h1-7H2;/p+2. The zero-order chi connectivity index (χ0) is 10.8. The molecule has 0 saturated heterocycles. The Morgan fingerprint density at radius 2 is 0.929 bits per heavy atom. The molecule has 2 unspecified atom stereocenters. The van der Waals surface area contributed by atoms with Gasteiger partial charge < -0.3 is 0 Å². The van der Waals surface area contributed by atoms with E-state index in [9.17, 15) is 9.13 Å². The van der Waals surface area contributed by atoms with Gasteiger partial charge in [0.2, 0.25) is 0 Å². The van der Waals surface area contributed by atoms with Crippen molar-refractivity contribution in [3.05, 3.63) is 0 Å². The lowest BCUT2D eigenvalue weighted by molar-refractivity contribution is 0.371. The largest absolute Gasteiger partial charge is 0.745 e. The molecule has 0 aromatic heterocycles. The summed E-state index contributed by atoms with van der Waals surface area (Å²) in [7, 11) is -5.85. The maximum Gasteiger partial charge on any atom is 0.745 e.